The summed E-state index contributed by atoms with van der Waals surface area (Å²) in [7, 11) is 0. The molecule has 8 heteroatoms. The van der Waals surface area contributed by atoms with Crippen LogP contribution in [0.25, 0.3) is 0 Å². The summed E-state index contributed by atoms with van der Waals surface area (Å²) in [6.45, 7) is 1.67. The minimum absolute atomic E-state index is 0.135. The van der Waals surface area contributed by atoms with Crippen molar-refractivity contribution in [1.29, 1.82) is 0 Å². The van der Waals surface area contributed by atoms with Crippen LogP contribution < -0.4 is 16.4 Å². The fraction of sp³-hybridized carbons (Fsp3) is 0.500. The van der Waals surface area contributed by atoms with Gasteiger partial charge >= 0.3 is 12.2 Å². The number of primary amides is 1. The topological polar surface area (TPSA) is 84.2 Å². The average molecular weight is 343 g/mol. The number of carbonyl (C=O) groups excluding carboxylic acids is 2. The smallest absolute Gasteiger partial charge is 0.366 e. The summed E-state index contributed by atoms with van der Waals surface area (Å²) in [5.41, 5.74) is 4.06. The SMILES string of the molecule is Cc1ccc(NC(=O)NC2(C(F)(F)F)CCCCC2)cc1C(N)=O. The number of hydrogen-bond acceptors (Lipinski definition) is 2. The monoisotopic (exact) mass is 343 g/mol. The number of aryl methyl sites for hydroxylation is 1. The van der Waals surface area contributed by atoms with E-state index in [0.717, 1.165) is 6.42 Å². The summed E-state index contributed by atoms with van der Waals surface area (Å²) in [4.78, 5) is 23.4. The predicted molar refractivity (Wildman–Crippen MR) is 83.7 cm³/mol. The van der Waals surface area contributed by atoms with E-state index in [2.05, 4.69) is 10.6 Å². The van der Waals surface area contributed by atoms with Gasteiger partial charge in [0.15, 0.2) is 0 Å². The molecule has 0 aromatic heterocycles. The first kappa shape index (κ1) is 18.1. The lowest BCUT2D eigenvalue weighted by molar-refractivity contribution is -0.201. The number of alkyl halides is 3. The number of anilines is 1. The lowest BCUT2D eigenvalue weighted by atomic mass is 9.81. The van der Waals surface area contributed by atoms with Crippen LogP contribution in [0.1, 0.15) is 48.0 Å². The Balaban J connectivity index is 2.14. The van der Waals surface area contributed by atoms with Crippen molar-refractivity contribution in [2.24, 2.45) is 5.73 Å². The third kappa shape index (κ3) is 3.80. The zero-order valence-corrected chi connectivity index (χ0v) is 13.3. The average Bonchev–Trinajstić information content (AvgIpc) is 2.48. The van der Waals surface area contributed by atoms with Crippen LogP contribution in [0.5, 0.6) is 0 Å². The van der Waals surface area contributed by atoms with Crippen LogP contribution in [0, 0.1) is 6.92 Å². The molecule has 1 fully saturated rings. The molecule has 1 saturated carbocycles. The molecular formula is C16H20F3N3O2. The van der Waals surface area contributed by atoms with Crippen molar-refractivity contribution >= 4 is 17.6 Å². The highest BCUT2D eigenvalue weighted by atomic mass is 19.4. The Kier molecular flexibility index (Phi) is 5.05. The molecule has 24 heavy (non-hydrogen) atoms. The number of benzene rings is 1. The van der Waals surface area contributed by atoms with E-state index < -0.39 is 23.7 Å². The van der Waals surface area contributed by atoms with Crippen molar-refractivity contribution in [2.45, 2.75) is 50.7 Å². The first-order valence-electron chi connectivity index (χ1n) is 7.71. The van der Waals surface area contributed by atoms with Crippen LogP contribution >= 0.6 is 0 Å². The van der Waals surface area contributed by atoms with Crippen molar-refractivity contribution in [2.75, 3.05) is 5.32 Å². The fourth-order valence-electron chi connectivity index (χ4n) is 2.98. The normalized spacial score (nSPS) is 17.2. The van der Waals surface area contributed by atoms with E-state index in [4.69, 9.17) is 5.73 Å². The summed E-state index contributed by atoms with van der Waals surface area (Å²) in [6, 6.07) is 3.46. The molecule has 1 aromatic carbocycles. The van der Waals surface area contributed by atoms with Gasteiger partial charge in [-0.1, -0.05) is 25.3 Å². The van der Waals surface area contributed by atoms with Crippen LogP contribution in [-0.2, 0) is 0 Å². The summed E-state index contributed by atoms with van der Waals surface area (Å²) in [5.74, 6) is -0.671. The number of amides is 3. The lowest BCUT2D eigenvalue weighted by Crippen LogP contribution is -2.60. The maximum absolute atomic E-state index is 13.4. The van der Waals surface area contributed by atoms with E-state index in [1.54, 1.807) is 13.0 Å². The Bertz CT molecular complexity index is 638. The van der Waals surface area contributed by atoms with E-state index in [-0.39, 0.29) is 24.1 Å². The minimum atomic E-state index is -4.52. The second kappa shape index (κ2) is 6.70. The number of urea groups is 1. The van der Waals surface area contributed by atoms with Gasteiger partial charge in [0.05, 0.1) is 0 Å². The van der Waals surface area contributed by atoms with E-state index >= 15 is 0 Å². The number of halogens is 3. The Hall–Kier alpha value is -2.25. The Morgan fingerprint density at radius 1 is 1.17 bits per heavy atom. The van der Waals surface area contributed by atoms with Crippen molar-refractivity contribution in [1.82, 2.24) is 5.32 Å². The molecule has 0 bridgehead atoms. The number of hydrogen-bond donors (Lipinski definition) is 3. The van der Waals surface area contributed by atoms with Gasteiger partial charge in [-0.05, 0) is 37.5 Å². The molecule has 2 rings (SSSR count). The number of nitrogens with two attached hydrogens (primary N) is 1. The summed E-state index contributed by atoms with van der Waals surface area (Å²) in [6.07, 6.45) is -3.24. The zero-order chi connectivity index (χ0) is 18.0. The van der Waals surface area contributed by atoms with Crippen LogP contribution in [0.2, 0.25) is 0 Å². The molecular weight excluding hydrogens is 323 g/mol. The van der Waals surface area contributed by atoms with Crippen LogP contribution in [-0.4, -0.2) is 23.7 Å². The van der Waals surface area contributed by atoms with E-state index in [9.17, 15) is 22.8 Å². The molecule has 1 aromatic rings. The van der Waals surface area contributed by atoms with E-state index in [1.165, 1.54) is 12.1 Å². The molecule has 1 aliphatic carbocycles. The molecule has 0 spiro atoms. The molecule has 3 amide bonds. The summed E-state index contributed by atoms with van der Waals surface area (Å²) in [5, 5.41) is 4.44. The van der Waals surface area contributed by atoms with Crippen LogP contribution in [0.15, 0.2) is 18.2 Å². The lowest BCUT2D eigenvalue weighted by Gasteiger charge is -2.39. The quantitative estimate of drug-likeness (QED) is 0.785. The highest BCUT2D eigenvalue weighted by Crippen LogP contribution is 2.41. The number of rotatable bonds is 3. The molecule has 0 unspecified atom stereocenters. The molecule has 4 N–H and O–H groups in total. The van der Waals surface area contributed by atoms with Crippen molar-refractivity contribution < 1.29 is 22.8 Å². The van der Waals surface area contributed by atoms with Gasteiger partial charge in [0.25, 0.3) is 0 Å². The highest BCUT2D eigenvalue weighted by molar-refractivity contribution is 5.97. The molecule has 0 heterocycles. The molecule has 0 radical (unpaired) electrons. The van der Waals surface area contributed by atoms with Gasteiger partial charge in [-0.2, -0.15) is 13.2 Å². The zero-order valence-electron chi connectivity index (χ0n) is 13.3. The molecule has 1 aliphatic rings. The standard InChI is InChI=1S/C16H20F3N3O2/c1-10-5-6-11(9-12(10)13(20)23)21-14(24)22-15(16(17,18)19)7-3-2-4-8-15/h5-6,9H,2-4,7-8H2,1H3,(H2,20,23)(H2,21,22,24). The van der Waals surface area contributed by atoms with E-state index in [0.29, 0.717) is 18.4 Å². The summed E-state index contributed by atoms with van der Waals surface area (Å²) >= 11 is 0. The van der Waals surface area contributed by atoms with Gasteiger partial charge in [-0.25, -0.2) is 4.79 Å². The number of nitrogens with one attached hydrogen (secondary N) is 2. The predicted octanol–water partition coefficient (Wildman–Crippen LogP) is 3.48. The van der Waals surface area contributed by atoms with Crippen LogP contribution in [0.3, 0.4) is 0 Å². The maximum Gasteiger partial charge on any atom is 0.411 e. The van der Waals surface area contributed by atoms with Crippen molar-refractivity contribution in [3.63, 3.8) is 0 Å². The molecule has 0 saturated heterocycles. The Labute approximate surface area is 137 Å². The molecule has 5 nitrogen and oxygen atoms in total. The minimum Gasteiger partial charge on any atom is -0.366 e. The molecule has 0 atom stereocenters. The van der Waals surface area contributed by atoms with Crippen molar-refractivity contribution in [3.8, 4) is 0 Å². The molecule has 0 aliphatic heterocycles. The second-order valence-electron chi connectivity index (χ2n) is 6.11. The third-order valence-electron chi connectivity index (χ3n) is 4.36. The van der Waals surface area contributed by atoms with Crippen molar-refractivity contribution in [3.05, 3.63) is 29.3 Å². The van der Waals surface area contributed by atoms with Gasteiger partial charge in [0, 0.05) is 11.3 Å². The molecule has 132 valence electrons. The van der Waals surface area contributed by atoms with Crippen LogP contribution in [0.4, 0.5) is 23.7 Å². The highest BCUT2D eigenvalue weighted by Gasteiger charge is 2.55. The van der Waals surface area contributed by atoms with Gasteiger partial charge in [-0.15, -0.1) is 0 Å². The van der Waals surface area contributed by atoms with Gasteiger partial charge < -0.3 is 16.4 Å². The third-order valence-corrected chi connectivity index (χ3v) is 4.36. The largest absolute Gasteiger partial charge is 0.411 e. The van der Waals surface area contributed by atoms with Gasteiger partial charge in [-0.3, -0.25) is 4.79 Å². The van der Waals surface area contributed by atoms with Gasteiger partial charge in [0.2, 0.25) is 5.91 Å². The Morgan fingerprint density at radius 3 is 2.33 bits per heavy atom. The maximum atomic E-state index is 13.4. The number of carbonyl (C=O) groups is 2. The first-order chi connectivity index (χ1) is 11.1. The summed E-state index contributed by atoms with van der Waals surface area (Å²) < 4.78 is 40.2. The first-order valence-corrected chi connectivity index (χ1v) is 7.71. The van der Waals surface area contributed by atoms with E-state index in [1.807, 2.05) is 0 Å². The second-order valence-corrected chi connectivity index (χ2v) is 6.11. The fourth-order valence-corrected chi connectivity index (χ4v) is 2.98. The van der Waals surface area contributed by atoms with Gasteiger partial charge in [0.1, 0.15) is 5.54 Å². The Morgan fingerprint density at radius 2 is 1.79 bits per heavy atom.